The van der Waals surface area contributed by atoms with E-state index in [2.05, 4.69) is 12.2 Å². The van der Waals surface area contributed by atoms with Gasteiger partial charge in [-0.05, 0) is 50.1 Å². The quantitative estimate of drug-likeness (QED) is 0.876. The van der Waals surface area contributed by atoms with Crippen LogP contribution in [0.4, 0.5) is 0 Å². The highest BCUT2D eigenvalue weighted by Gasteiger charge is 2.25. The first-order chi connectivity index (χ1) is 8.70. The Labute approximate surface area is 115 Å². The first-order valence-corrected chi connectivity index (χ1v) is 7.22. The lowest BCUT2D eigenvalue weighted by Crippen LogP contribution is -2.28. The molecular formula is C15H22ClNO. The summed E-state index contributed by atoms with van der Waals surface area (Å²) in [5, 5.41) is 4.22. The lowest BCUT2D eigenvalue weighted by molar-refractivity contribution is 0.132. The summed E-state index contributed by atoms with van der Waals surface area (Å²) >= 11 is 6.04. The van der Waals surface area contributed by atoms with Crippen LogP contribution in [-0.4, -0.2) is 19.2 Å². The monoisotopic (exact) mass is 267 g/mol. The predicted molar refractivity (Wildman–Crippen MR) is 76.5 cm³/mol. The van der Waals surface area contributed by atoms with Gasteiger partial charge in [0.1, 0.15) is 11.9 Å². The molecule has 18 heavy (non-hydrogen) atoms. The summed E-state index contributed by atoms with van der Waals surface area (Å²) in [4.78, 5) is 0. The second-order valence-electron chi connectivity index (χ2n) is 5.11. The van der Waals surface area contributed by atoms with Gasteiger partial charge in [-0.25, -0.2) is 0 Å². The number of hydrogen-bond acceptors (Lipinski definition) is 2. The van der Waals surface area contributed by atoms with Crippen molar-refractivity contribution in [2.45, 2.75) is 39.2 Å². The number of halogens is 1. The van der Waals surface area contributed by atoms with Crippen LogP contribution in [-0.2, 0) is 0 Å². The third-order valence-corrected chi connectivity index (χ3v) is 4.04. The summed E-state index contributed by atoms with van der Waals surface area (Å²) in [5.41, 5.74) is 1.08. The third kappa shape index (κ3) is 3.39. The van der Waals surface area contributed by atoms with Crippen LogP contribution in [0.25, 0.3) is 0 Å². The summed E-state index contributed by atoms with van der Waals surface area (Å²) in [6.07, 6.45) is 3.82. The topological polar surface area (TPSA) is 21.3 Å². The molecule has 2 atom stereocenters. The SMILES string of the molecule is CCC[C@H](Oc1ccc(Cl)c(C)c1)[C@H]1CCNC1. The number of ether oxygens (including phenoxy) is 1. The summed E-state index contributed by atoms with van der Waals surface area (Å²) < 4.78 is 6.18. The van der Waals surface area contributed by atoms with E-state index in [0.29, 0.717) is 12.0 Å². The molecule has 1 fully saturated rings. The van der Waals surface area contributed by atoms with Gasteiger partial charge in [0.05, 0.1) is 0 Å². The van der Waals surface area contributed by atoms with E-state index in [1.54, 1.807) is 0 Å². The summed E-state index contributed by atoms with van der Waals surface area (Å²) in [5.74, 6) is 1.59. The van der Waals surface area contributed by atoms with E-state index in [4.69, 9.17) is 16.3 Å². The molecule has 0 aromatic heterocycles. The van der Waals surface area contributed by atoms with Gasteiger partial charge in [-0.1, -0.05) is 24.9 Å². The van der Waals surface area contributed by atoms with Crippen molar-refractivity contribution in [3.63, 3.8) is 0 Å². The lowest BCUT2D eigenvalue weighted by Gasteiger charge is -2.24. The Morgan fingerprint density at radius 1 is 1.50 bits per heavy atom. The van der Waals surface area contributed by atoms with Gasteiger partial charge >= 0.3 is 0 Å². The molecule has 0 amide bonds. The second kappa shape index (κ2) is 6.44. The Morgan fingerprint density at radius 3 is 2.94 bits per heavy atom. The van der Waals surface area contributed by atoms with Crippen LogP contribution in [0.3, 0.4) is 0 Å². The summed E-state index contributed by atoms with van der Waals surface area (Å²) in [6.45, 7) is 6.43. The van der Waals surface area contributed by atoms with Crippen molar-refractivity contribution in [3.05, 3.63) is 28.8 Å². The maximum atomic E-state index is 6.18. The number of benzene rings is 1. The minimum Gasteiger partial charge on any atom is -0.490 e. The van der Waals surface area contributed by atoms with Crippen molar-refractivity contribution in [2.24, 2.45) is 5.92 Å². The molecule has 0 spiro atoms. The Hall–Kier alpha value is -0.730. The zero-order chi connectivity index (χ0) is 13.0. The summed E-state index contributed by atoms with van der Waals surface area (Å²) in [6, 6.07) is 5.93. The Morgan fingerprint density at radius 2 is 2.33 bits per heavy atom. The largest absolute Gasteiger partial charge is 0.490 e. The van der Waals surface area contributed by atoms with E-state index < -0.39 is 0 Å². The highest BCUT2D eigenvalue weighted by Crippen LogP contribution is 2.26. The fourth-order valence-corrected chi connectivity index (χ4v) is 2.65. The van der Waals surface area contributed by atoms with Crippen LogP contribution >= 0.6 is 11.6 Å². The molecule has 1 N–H and O–H groups in total. The number of aryl methyl sites for hydroxylation is 1. The van der Waals surface area contributed by atoms with Gasteiger partial charge in [0.2, 0.25) is 0 Å². The smallest absolute Gasteiger partial charge is 0.120 e. The van der Waals surface area contributed by atoms with Crippen molar-refractivity contribution in [2.75, 3.05) is 13.1 Å². The molecule has 100 valence electrons. The average molecular weight is 268 g/mol. The van der Waals surface area contributed by atoms with Crippen LogP contribution in [0.2, 0.25) is 5.02 Å². The molecular weight excluding hydrogens is 246 g/mol. The fraction of sp³-hybridized carbons (Fsp3) is 0.600. The van der Waals surface area contributed by atoms with E-state index in [1.165, 1.54) is 6.42 Å². The van der Waals surface area contributed by atoms with Crippen molar-refractivity contribution in [3.8, 4) is 5.75 Å². The molecule has 0 radical (unpaired) electrons. The second-order valence-corrected chi connectivity index (χ2v) is 5.52. The first kappa shape index (κ1) is 13.7. The van der Waals surface area contributed by atoms with Gasteiger partial charge < -0.3 is 10.1 Å². The van der Waals surface area contributed by atoms with Gasteiger partial charge in [0.25, 0.3) is 0 Å². The van der Waals surface area contributed by atoms with E-state index in [1.807, 2.05) is 25.1 Å². The Balaban J connectivity index is 2.04. The number of rotatable bonds is 5. The van der Waals surface area contributed by atoms with Crippen LogP contribution in [0.5, 0.6) is 5.75 Å². The van der Waals surface area contributed by atoms with E-state index >= 15 is 0 Å². The Bertz CT molecular complexity index is 388. The molecule has 2 nitrogen and oxygen atoms in total. The van der Waals surface area contributed by atoms with Gasteiger partial charge in [-0.2, -0.15) is 0 Å². The molecule has 1 heterocycles. The highest BCUT2D eigenvalue weighted by molar-refractivity contribution is 6.31. The summed E-state index contributed by atoms with van der Waals surface area (Å²) in [7, 11) is 0. The minimum absolute atomic E-state index is 0.325. The maximum absolute atomic E-state index is 6.18. The van der Waals surface area contributed by atoms with Crippen LogP contribution in [0.1, 0.15) is 31.7 Å². The first-order valence-electron chi connectivity index (χ1n) is 6.84. The van der Waals surface area contributed by atoms with E-state index in [-0.39, 0.29) is 0 Å². The van der Waals surface area contributed by atoms with Gasteiger partial charge in [0, 0.05) is 17.5 Å². The molecule has 1 saturated heterocycles. The van der Waals surface area contributed by atoms with Crippen molar-refractivity contribution in [1.82, 2.24) is 5.32 Å². The average Bonchev–Trinajstić information content (AvgIpc) is 2.87. The molecule has 3 heteroatoms. The number of hydrogen-bond donors (Lipinski definition) is 1. The van der Waals surface area contributed by atoms with E-state index in [9.17, 15) is 0 Å². The zero-order valence-electron chi connectivity index (χ0n) is 11.2. The minimum atomic E-state index is 0.325. The molecule has 0 bridgehead atoms. The standard InChI is InChI=1S/C15H22ClNO/c1-3-4-15(12-7-8-17-10-12)18-13-5-6-14(16)11(2)9-13/h5-6,9,12,15,17H,3-4,7-8,10H2,1-2H3/t12-,15-/m0/s1. The zero-order valence-corrected chi connectivity index (χ0v) is 12.0. The lowest BCUT2D eigenvalue weighted by atomic mass is 9.97. The molecule has 0 saturated carbocycles. The molecule has 0 unspecified atom stereocenters. The van der Waals surface area contributed by atoms with Crippen molar-refractivity contribution < 1.29 is 4.74 Å². The molecule has 1 aromatic carbocycles. The third-order valence-electron chi connectivity index (χ3n) is 3.61. The molecule has 1 aliphatic heterocycles. The Kier molecular flexibility index (Phi) is 4.90. The van der Waals surface area contributed by atoms with Crippen molar-refractivity contribution >= 4 is 11.6 Å². The molecule has 1 aromatic rings. The fourth-order valence-electron chi connectivity index (χ4n) is 2.53. The van der Waals surface area contributed by atoms with Crippen molar-refractivity contribution in [1.29, 1.82) is 0 Å². The molecule has 0 aliphatic carbocycles. The van der Waals surface area contributed by atoms with E-state index in [0.717, 1.165) is 42.3 Å². The van der Waals surface area contributed by atoms with Crippen LogP contribution in [0, 0.1) is 12.8 Å². The molecule has 1 aliphatic rings. The highest BCUT2D eigenvalue weighted by atomic mass is 35.5. The maximum Gasteiger partial charge on any atom is 0.120 e. The molecule has 2 rings (SSSR count). The predicted octanol–water partition coefficient (Wildman–Crippen LogP) is 3.81. The van der Waals surface area contributed by atoms with Gasteiger partial charge in [0.15, 0.2) is 0 Å². The van der Waals surface area contributed by atoms with Crippen LogP contribution < -0.4 is 10.1 Å². The van der Waals surface area contributed by atoms with Gasteiger partial charge in [-0.15, -0.1) is 0 Å². The van der Waals surface area contributed by atoms with Crippen LogP contribution in [0.15, 0.2) is 18.2 Å². The number of nitrogens with one attached hydrogen (secondary N) is 1. The van der Waals surface area contributed by atoms with Gasteiger partial charge in [-0.3, -0.25) is 0 Å². The normalized spacial score (nSPS) is 20.9.